The van der Waals surface area contributed by atoms with Crippen LogP contribution in [0.25, 0.3) is 22.0 Å². The third-order valence-corrected chi connectivity index (χ3v) is 4.69. The van der Waals surface area contributed by atoms with Crippen LogP contribution in [0.5, 0.6) is 5.75 Å². The highest BCUT2D eigenvalue weighted by molar-refractivity contribution is 5.92. The van der Waals surface area contributed by atoms with Crippen LogP contribution in [0.3, 0.4) is 0 Å². The topological polar surface area (TPSA) is 76.2 Å². The summed E-state index contributed by atoms with van der Waals surface area (Å²) in [6.45, 7) is 7.61. The van der Waals surface area contributed by atoms with Crippen molar-refractivity contribution in [2.45, 2.75) is 51.9 Å². The number of nitrogens with zero attached hydrogens (tertiary/aromatic N) is 1. The Labute approximate surface area is 184 Å². The highest BCUT2D eigenvalue weighted by atomic mass is 19.4. The van der Waals surface area contributed by atoms with Gasteiger partial charge in [0.15, 0.2) is 6.61 Å². The molecule has 0 saturated heterocycles. The van der Waals surface area contributed by atoms with Gasteiger partial charge >= 0.3 is 12.3 Å². The molecule has 2 N–H and O–H groups in total. The van der Waals surface area contributed by atoms with Gasteiger partial charge in [-0.1, -0.05) is 24.3 Å². The van der Waals surface area contributed by atoms with E-state index in [9.17, 15) is 18.0 Å². The molecule has 0 aliphatic rings. The van der Waals surface area contributed by atoms with Crippen LogP contribution in [0.2, 0.25) is 0 Å². The Bertz CT molecular complexity index is 1100. The van der Waals surface area contributed by atoms with Crippen LogP contribution in [-0.4, -0.2) is 34.7 Å². The van der Waals surface area contributed by atoms with Crippen molar-refractivity contribution < 1.29 is 27.4 Å². The van der Waals surface area contributed by atoms with Crippen molar-refractivity contribution in [3.8, 4) is 16.9 Å². The van der Waals surface area contributed by atoms with Crippen molar-refractivity contribution in [3.63, 3.8) is 0 Å². The van der Waals surface area contributed by atoms with Gasteiger partial charge in [-0.25, -0.2) is 4.79 Å². The summed E-state index contributed by atoms with van der Waals surface area (Å²) in [7, 11) is 0. The molecule has 0 aliphatic heterocycles. The lowest BCUT2D eigenvalue weighted by atomic mass is 9.92. The van der Waals surface area contributed by atoms with Gasteiger partial charge in [0.1, 0.15) is 11.4 Å². The molecule has 0 spiro atoms. The van der Waals surface area contributed by atoms with E-state index in [0.717, 1.165) is 5.56 Å². The normalized spacial score (nSPS) is 12.6. The minimum atomic E-state index is -4.47. The highest BCUT2D eigenvalue weighted by Crippen LogP contribution is 2.38. The number of H-pyrrole nitrogens is 1. The number of fused-ring (bicyclic) bond motifs is 1. The van der Waals surface area contributed by atoms with E-state index in [4.69, 9.17) is 9.47 Å². The lowest BCUT2D eigenvalue weighted by Crippen LogP contribution is -2.43. The Morgan fingerprint density at radius 1 is 1.03 bits per heavy atom. The van der Waals surface area contributed by atoms with Gasteiger partial charge in [-0.15, -0.1) is 0 Å². The summed E-state index contributed by atoms with van der Waals surface area (Å²) in [6, 6.07) is 10.6. The van der Waals surface area contributed by atoms with Gasteiger partial charge in [0.2, 0.25) is 0 Å². The molecular weight excluding hydrogens is 423 g/mol. The second-order valence-corrected chi connectivity index (χ2v) is 9.01. The van der Waals surface area contributed by atoms with E-state index in [2.05, 4.69) is 15.5 Å². The number of carbonyl (C=O) groups excluding carboxylic acids is 1. The number of aromatic amines is 1. The molecule has 2 aromatic carbocycles. The van der Waals surface area contributed by atoms with Gasteiger partial charge in [0.25, 0.3) is 0 Å². The van der Waals surface area contributed by atoms with Gasteiger partial charge in [0, 0.05) is 5.56 Å². The van der Waals surface area contributed by atoms with Crippen molar-refractivity contribution in [1.82, 2.24) is 15.5 Å². The SMILES string of the molecule is CC(C)(C)OC(=O)NC(C)(C)c1ccc(-c2ccc3[nH]ncc3c2OCC(F)(F)F)cc1. The van der Waals surface area contributed by atoms with E-state index in [0.29, 0.717) is 22.0 Å². The lowest BCUT2D eigenvalue weighted by Gasteiger charge is -2.29. The zero-order valence-electron chi connectivity index (χ0n) is 18.6. The second-order valence-electron chi connectivity index (χ2n) is 9.01. The van der Waals surface area contributed by atoms with Crippen LogP contribution in [0.4, 0.5) is 18.0 Å². The molecule has 0 fully saturated rings. The third kappa shape index (κ3) is 5.72. The van der Waals surface area contributed by atoms with E-state index in [1.54, 1.807) is 57.2 Å². The molecule has 3 rings (SSSR count). The Balaban J connectivity index is 1.89. The number of amides is 1. The number of carbonyl (C=O) groups is 1. The van der Waals surface area contributed by atoms with Crippen LogP contribution in [0.15, 0.2) is 42.6 Å². The van der Waals surface area contributed by atoms with E-state index in [1.807, 2.05) is 13.8 Å². The number of rotatable bonds is 5. The van der Waals surface area contributed by atoms with Crippen LogP contribution in [0.1, 0.15) is 40.2 Å². The van der Waals surface area contributed by atoms with E-state index in [-0.39, 0.29) is 5.75 Å². The summed E-state index contributed by atoms with van der Waals surface area (Å²) < 4.78 is 48.9. The van der Waals surface area contributed by atoms with E-state index >= 15 is 0 Å². The van der Waals surface area contributed by atoms with Crippen LogP contribution in [0, 0.1) is 0 Å². The first kappa shape index (κ1) is 23.4. The number of hydrogen-bond acceptors (Lipinski definition) is 4. The molecule has 1 amide bonds. The molecule has 9 heteroatoms. The molecule has 6 nitrogen and oxygen atoms in total. The summed E-state index contributed by atoms with van der Waals surface area (Å²) in [4.78, 5) is 12.2. The molecule has 172 valence electrons. The standard InChI is InChI=1S/C23H26F3N3O3/c1-21(2,3)32-20(30)28-22(4,5)15-8-6-14(7-9-15)16-10-11-18-17(12-27-29-18)19(16)31-13-23(24,25)26/h6-12H,13H2,1-5H3,(H,27,29)(H,28,30). The molecule has 0 atom stereocenters. The van der Waals surface area contributed by atoms with Crippen molar-refractivity contribution in [2.75, 3.05) is 6.61 Å². The van der Waals surface area contributed by atoms with Crippen LogP contribution < -0.4 is 10.1 Å². The minimum Gasteiger partial charge on any atom is -0.483 e. The van der Waals surface area contributed by atoms with Gasteiger partial charge in [-0.05, 0) is 57.9 Å². The summed E-state index contributed by atoms with van der Waals surface area (Å²) >= 11 is 0. The zero-order chi connectivity index (χ0) is 23.7. The van der Waals surface area contributed by atoms with Crippen LogP contribution in [-0.2, 0) is 10.3 Å². The van der Waals surface area contributed by atoms with Gasteiger partial charge in [-0.3, -0.25) is 5.10 Å². The Morgan fingerprint density at radius 3 is 2.28 bits per heavy atom. The number of halogens is 3. The fraction of sp³-hybridized carbons (Fsp3) is 0.391. The van der Waals surface area contributed by atoms with Crippen molar-refractivity contribution in [3.05, 3.63) is 48.2 Å². The molecule has 0 aliphatic carbocycles. The monoisotopic (exact) mass is 449 g/mol. The number of nitrogens with one attached hydrogen (secondary N) is 2. The average Bonchev–Trinajstić information content (AvgIpc) is 3.12. The lowest BCUT2D eigenvalue weighted by molar-refractivity contribution is -0.153. The second kappa shape index (κ2) is 8.37. The van der Waals surface area contributed by atoms with E-state index < -0.39 is 30.0 Å². The predicted octanol–water partition coefficient (Wildman–Crippen LogP) is 5.93. The molecule has 1 heterocycles. The van der Waals surface area contributed by atoms with Gasteiger partial charge < -0.3 is 14.8 Å². The Morgan fingerprint density at radius 2 is 1.69 bits per heavy atom. The third-order valence-electron chi connectivity index (χ3n) is 4.69. The first-order valence-corrected chi connectivity index (χ1v) is 10.0. The summed E-state index contributed by atoms with van der Waals surface area (Å²) in [6.07, 6.45) is -3.57. The number of aromatic nitrogens is 2. The first-order chi connectivity index (χ1) is 14.8. The maximum Gasteiger partial charge on any atom is 0.422 e. The maximum atomic E-state index is 12.8. The summed E-state index contributed by atoms with van der Waals surface area (Å²) in [5.74, 6) is 0.104. The Hall–Kier alpha value is -3.23. The highest BCUT2D eigenvalue weighted by Gasteiger charge is 2.30. The van der Waals surface area contributed by atoms with E-state index in [1.165, 1.54) is 6.20 Å². The minimum absolute atomic E-state index is 0.104. The maximum absolute atomic E-state index is 12.8. The van der Waals surface area contributed by atoms with Crippen LogP contribution >= 0.6 is 0 Å². The molecule has 32 heavy (non-hydrogen) atoms. The number of hydrogen-bond donors (Lipinski definition) is 2. The number of ether oxygens (including phenoxy) is 2. The zero-order valence-corrected chi connectivity index (χ0v) is 18.6. The molecule has 1 aromatic heterocycles. The molecule has 0 bridgehead atoms. The summed E-state index contributed by atoms with van der Waals surface area (Å²) in [5, 5.41) is 9.93. The number of benzene rings is 2. The number of alkyl carbamates (subject to hydrolysis) is 1. The van der Waals surface area contributed by atoms with Gasteiger partial charge in [0.05, 0.1) is 22.6 Å². The molecular formula is C23H26F3N3O3. The predicted molar refractivity (Wildman–Crippen MR) is 115 cm³/mol. The fourth-order valence-electron chi connectivity index (χ4n) is 3.23. The van der Waals surface area contributed by atoms with Gasteiger partial charge in [-0.2, -0.15) is 18.3 Å². The smallest absolute Gasteiger partial charge is 0.422 e. The number of alkyl halides is 3. The first-order valence-electron chi connectivity index (χ1n) is 10.0. The molecule has 3 aromatic rings. The summed E-state index contributed by atoms with van der Waals surface area (Å²) in [5.41, 5.74) is 1.20. The van der Waals surface area contributed by atoms with Crippen molar-refractivity contribution >= 4 is 17.0 Å². The average molecular weight is 449 g/mol. The van der Waals surface area contributed by atoms with Crippen molar-refractivity contribution in [2.24, 2.45) is 0 Å². The molecule has 0 radical (unpaired) electrons. The quantitative estimate of drug-likeness (QED) is 0.506. The van der Waals surface area contributed by atoms with Crippen molar-refractivity contribution in [1.29, 1.82) is 0 Å². The Kier molecular flexibility index (Phi) is 6.13. The fourth-order valence-corrected chi connectivity index (χ4v) is 3.23. The largest absolute Gasteiger partial charge is 0.483 e. The molecule has 0 saturated carbocycles. The molecule has 0 unspecified atom stereocenters.